The van der Waals surface area contributed by atoms with Crippen LogP contribution in [-0.2, 0) is 11.3 Å². The molecule has 0 fully saturated rings. The maximum Gasteiger partial charge on any atom is 0.285 e. The lowest BCUT2D eigenvalue weighted by Crippen LogP contribution is -2.27. The predicted octanol–water partition coefficient (Wildman–Crippen LogP) is 2.11. The summed E-state index contributed by atoms with van der Waals surface area (Å²) < 4.78 is 0.980. The number of carbonyl (C=O) groups is 1. The lowest BCUT2D eigenvalue weighted by Gasteiger charge is -2.18. The van der Waals surface area contributed by atoms with Crippen molar-refractivity contribution in [1.29, 1.82) is 0 Å². The van der Waals surface area contributed by atoms with Gasteiger partial charge in [-0.1, -0.05) is 11.6 Å². The molecule has 1 aromatic carbocycles. The van der Waals surface area contributed by atoms with Crippen LogP contribution in [0.1, 0.15) is 0 Å². The molecule has 0 radical (unpaired) electrons. The number of nitro groups is 1. The summed E-state index contributed by atoms with van der Waals surface area (Å²) in [5.74, 6) is -0.497. The lowest BCUT2D eigenvalue weighted by molar-refractivity contribution is -0.385. The van der Waals surface area contributed by atoms with Crippen molar-refractivity contribution in [3.05, 3.63) is 62.0 Å². The third-order valence-electron chi connectivity index (χ3n) is 3.21. The van der Waals surface area contributed by atoms with E-state index in [0.717, 1.165) is 28.6 Å². The Morgan fingerprint density at radius 1 is 1.33 bits per heavy atom. The summed E-state index contributed by atoms with van der Waals surface area (Å²) in [6, 6.07) is 7.17. The van der Waals surface area contributed by atoms with Crippen LogP contribution in [0.25, 0.3) is 0 Å². The van der Waals surface area contributed by atoms with Gasteiger partial charge in [0.15, 0.2) is 0 Å². The molecular formula is C15H15ClN4O4. The lowest BCUT2D eigenvalue weighted by atomic mass is 10.2. The van der Waals surface area contributed by atoms with Gasteiger partial charge in [0.2, 0.25) is 5.91 Å². The van der Waals surface area contributed by atoms with E-state index >= 15 is 0 Å². The molecule has 0 saturated heterocycles. The Kier molecular flexibility index (Phi) is 5.20. The van der Waals surface area contributed by atoms with Gasteiger partial charge in [-0.2, -0.15) is 0 Å². The van der Waals surface area contributed by atoms with Crippen LogP contribution in [0.3, 0.4) is 0 Å². The average molecular weight is 351 g/mol. The Bertz CT molecular complexity index is 848. The molecule has 1 heterocycles. The number of nitrogens with one attached hydrogen (secondary N) is 1. The molecule has 1 N–H and O–H groups in total. The van der Waals surface area contributed by atoms with Crippen LogP contribution in [-0.4, -0.2) is 29.5 Å². The largest absolute Gasteiger partial charge is 0.376 e. The van der Waals surface area contributed by atoms with Crippen molar-refractivity contribution in [2.75, 3.05) is 24.3 Å². The molecular weight excluding hydrogens is 336 g/mol. The third kappa shape index (κ3) is 4.11. The van der Waals surface area contributed by atoms with Gasteiger partial charge in [0.1, 0.15) is 6.54 Å². The summed E-state index contributed by atoms with van der Waals surface area (Å²) in [7, 11) is 3.62. The molecule has 2 aromatic rings. The first kappa shape index (κ1) is 17.5. The fraction of sp³-hybridized carbons (Fsp3) is 0.200. The van der Waals surface area contributed by atoms with E-state index in [1.807, 2.05) is 14.1 Å². The van der Waals surface area contributed by atoms with Crippen molar-refractivity contribution >= 4 is 34.6 Å². The zero-order valence-corrected chi connectivity index (χ0v) is 13.8. The number of pyridine rings is 1. The number of benzene rings is 1. The van der Waals surface area contributed by atoms with Gasteiger partial charge in [0.25, 0.3) is 11.2 Å². The van der Waals surface area contributed by atoms with E-state index in [2.05, 4.69) is 5.32 Å². The molecule has 0 aliphatic heterocycles. The van der Waals surface area contributed by atoms with Crippen LogP contribution >= 0.6 is 11.6 Å². The highest BCUT2D eigenvalue weighted by molar-refractivity contribution is 6.31. The molecule has 0 aliphatic carbocycles. The molecule has 126 valence electrons. The highest BCUT2D eigenvalue weighted by atomic mass is 35.5. The second-order valence-corrected chi connectivity index (χ2v) is 5.65. The Hall–Kier alpha value is -2.87. The SMILES string of the molecule is CN(C)c1ccc(Cl)cc1NC(=O)Cn1cc([N+](=O)[O-])ccc1=O. The van der Waals surface area contributed by atoms with Gasteiger partial charge < -0.3 is 10.2 Å². The van der Waals surface area contributed by atoms with Crippen molar-refractivity contribution in [3.63, 3.8) is 0 Å². The van der Waals surface area contributed by atoms with Crippen molar-refractivity contribution in [1.82, 2.24) is 4.57 Å². The molecule has 8 nitrogen and oxygen atoms in total. The van der Waals surface area contributed by atoms with Gasteiger partial charge in [0, 0.05) is 31.3 Å². The maximum atomic E-state index is 12.2. The third-order valence-corrected chi connectivity index (χ3v) is 3.44. The number of amides is 1. The molecule has 1 amide bonds. The number of aromatic nitrogens is 1. The second-order valence-electron chi connectivity index (χ2n) is 5.21. The number of halogens is 1. The summed E-state index contributed by atoms with van der Waals surface area (Å²) in [6.45, 7) is -0.347. The fourth-order valence-corrected chi connectivity index (χ4v) is 2.27. The molecule has 0 spiro atoms. The Morgan fingerprint density at radius 2 is 2.04 bits per heavy atom. The monoisotopic (exact) mass is 350 g/mol. The van der Waals surface area contributed by atoms with Crippen molar-refractivity contribution in [2.45, 2.75) is 6.54 Å². The second kappa shape index (κ2) is 7.14. The number of carbonyl (C=O) groups excluding carboxylic acids is 1. The number of nitrogens with zero attached hydrogens (tertiary/aromatic N) is 3. The van der Waals surface area contributed by atoms with Gasteiger partial charge in [-0.05, 0) is 18.2 Å². The van der Waals surface area contributed by atoms with Gasteiger partial charge in [-0.15, -0.1) is 0 Å². The highest BCUT2D eigenvalue weighted by Gasteiger charge is 2.13. The number of hydrogen-bond donors (Lipinski definition) is 1. The van der Waals surface area contributed by atoms with Crippen LogP contribution in [0.4, 0.5) is 17.1 Å². The van der Waals surface area contributed by atoms with Crippen LogP contribution in [0.15, 0.2) is 41.3 Å². The van der Waals surface area contributed by atoms with E-state index in [1.54, 1.807) is 23.1 Å². The summed E-state index contributed by atoms with van der Waals surface area (Å²) in [5.41, 5.74) is 0.448. The number of hydrogen-bond acceptors (Lipinski definition) is 5. The van der Waals surface area contributed by atoms with E-state index in [1.165, 1.54) is 0 Å². The normalized spacial score (nSPS) is 10.3. The van der Waals surface area contributed by atoms with E-state index in [-0.39, 0.29) is 12.2 Å². The number of anilines is 2. The van der Waals surface area contributed by atoms with Gasteiger partial charge in [-0.25, -0.2) is 0 Å². The van der Waals surface area contributed by atoms with Crippen LogP contribution < -0.4 is 15.8 Å². The molecule has 24 heavy (non-hydrogen) atoms. The topological polar surface area (TPSA) is 97.5 Å². The first-order valence-corrected chi connectivity index (χ1v) is 7.27. The van der Waals surface area contributed by atoms with E-state index < -0.39 is 16.4 Å². The summed E-state index contributed by atoms with van der Waals surface area (Å²) >= 11 is 5.95. The van der Waals surface area contributed by atoms with Crippen molar-refractivity contribution in [2.24, 2.45) is 0 Å². The fourth-order valence-electron chi connectivity index (χ4n) is 2.09. The zero-order chi connectivity index (χ0) is 17.9. The molecule has 0 aliphatic rings. The summed E-state index contributed by atoms with van der Waals surface area (Å²) in [6.07, 6.45) is 1.03. The van der Waals surface area contributed by atoms with Gasteiger partial charge in [0.05, 0.1) is 22.5 Å². The standard InChI is InChI=1S/C15H15ClN4O4/c1-18(2)13-5-3-10(16)7-12(13)17-14(21)9-19-8-11(20(23)24)4-6-15(19)22/h3-8H,9H2,1-2H3,(H,17,21). The van der Waals surface area contributed by atoms with Crippen LogP contribution in [0.2, 0.25) is 5.02 Å². The van der Waals surface area contributed by atoms with Gasteiger partial charge in [-0.3, -0.25) is 24.3 Å². The zero-order valence-electron chi connectivity index (χ0n) is 13.0. The molecule has 0 atom stereocenters. The minimum absolute atomic E-state index is 0.265. The highest BCUT2D eigenvalue weighted by Crippen LogP contribution is 2.27. The number of rotatable bonds is 5. The minimum atomic E-state index is -0.630. The first-order valence-electron chi connectivity index (χ1n) is 6.89. The minimum Gasteiger partial charge on any atom is -0.376 e. The van der Waals surface area contributed by atoms with Crippen LogP contribution in [0.5, 0.6) is 0 Å². The van der Waals surface area contributed by atoms with E-state index in [4.69, 9.17) is 11.6 Å². The van der Waals surface area contributed by atoms with Gasteiger partial charge >= 0.3 is 0 Å². The van der Waals surface area contributed by atoms with Crippen LogP contribution in [0, 0.1) is 10.1 Å². The average Bonchev–Trinajstić information content (AvgIpc) is 2.48. The Balaban J connectivity index is 2.23. The molecule has 0 saturated carbocycles. The predicted molar refractivity (Wildman–Crippen MR) is 91.8 cm³/mol. The molecule has 0 unspecified atom stereocenters. The van der Waals surface area contributed by atoms with E-state index in [9.17, 15) is 19.7 Å². The first-order chi connectivity index (χ1) is 11.3. The Morgan fingerprint density at radius 3 is 2.67 bits per heavy atom. The summed E-state index contributed by atoms with van der Waals surface area (Å²) in [4.78, 5) is 35.9. The Labute approximate surface area is 142 Å². The molecule has 9 heteroatoms. The van der Waals surface area contributed by atoms with E-state index in [0.29, 0.717) is 10.7 Å². The molecule has 0 bridgehead atoms. The molecule has 1 aromatic heterocycles. The smallest absolute Gasteiger partial charge is 0.285 e. The summed E-state index contributed by atoms with van der Waals surface area (Å²) in [5, 5.41) is 13.9. The van der Waals surface area contributed by atoms with Crippen molar-refractivity contribution in [3.8, 4) is 0 Å². The van der Waals surface area contributed by atoms with Crippen molar-refractivity contribution < 1.29 is 9.72 Å². The quantitative estimate of drug-likeness (QED) is 0.658. The maximum absolute atomic E-state index is 12.2. The molecule has 2 rings (SSSR count).